The van der Waals surface area contributed by atoms with Gasteiger partial charge in [0.25, 0.3) is 0 Å². The molecule has 0 amide bonds. The van der Waals surface area contributed by atoms with Gasteiger partial charge in [-0.05, 0) is 30.7 Å². The lowest BCUT2D eigenvalue weighted by Gasteiger charge is -2.09. The molecule has 1 aromatic carbocycles. The second kappa shape index (κ2) is 6.34. The van der Waals surface area contributed by atoms with Gasteiger partial charge in [0.05, 0.1) is 0 Å². The van der Waals surface area contributed by atoms with Crippen molar-refractivity contribution in [3.8, 4) is 0 Å². The summed E-state index contributed by atoms with van der Waals surface area (Å²) >= 11 is 7.00. The summed E-state index contributed by atoms with van der Waals surface area (Å²) in [7, 11) is 3.61. The van der Waals surface area contributed by atoms with Gasteiger partial charge in [-0.25, -0.2) is 0 Å². The molecule has 0 nitrogen and oxygen atoms in total. The first-order valence-electron chi connectivity index (χ1n) is 4.86. The van der Waals surface area contributed by atoms with Crippen LogP contribution in [0.1, 0.15) is 6.42 Å². The molecule has 0 radical (unpaired) electrons. The van der Waals surface area contributed by atoms with Crippen LogP contribution in [0.25, 0.3) is 0 Å². The largest absolute Gasteiger partial charge is 0.0842 e. The van der Waals surface area contributed by atoms with Crippen LogP contribution in [0.15, 0.2) is 56.8 Å². The van der Waals surface area contributed by atoms with Crippen LogP contribution < -0.4 is 0 Å². The Hall–Kier alpha value is 0.360. The standard InChI is InChI=1S/C12H10Br2S2/c13-9-1-5-11(6-2-9)15-16-12-7-3-10(14)4-8-12/h1-3,5-8,10H,4H2. The Bertz CT molecular complexity index is 410. The fourth-order valence-corrected chi connectivity index (χ4v) is 3.85. The quantitative estimate of drug-likeness (QED) is 0.482. The smallest absolute Gasteiger partial charge is 0.0363 e. The summed E-state index contributed by atoms with van der Waals surface area (Å²) in [6.07, 6.45) is 7.74. The maximum Gasteiger partial charge on any atom is 0.0363 e. The predicted molar refractivity (Wildman–Crippen MR) is 82.1 cm³/mol. The van der Waals surface area contributed by atoms with Crippen LogP contribution in [0.2, 0.25) is 0 Å². The molecule has 0 aromatic heterocycles. The number of hydrogen-bond acceptors (Lipinski definition) is 2. The molecule has 0 aliphatic heterocycles. The number of halogens is 2. The van der Waals surface area contributed by atoms with Gasteiger partial charge >= 0.3 is 0 Å². The lowest BCUT2D eigenvalue weighted by molar-refractivity contribution is 1.07. The molecule has 0 bridgehead atoms. The van der Waals surface area contributed by atoms with Crippen LogP contribution in [0.3, 0.4) is 0 Å². The zero-order chi connectivity index (χ0) is 11.4. The van der Waals surface area contributed by atoms with E-state index in [4.69, 9.17) is 0 Å². The van der Waals surface area contributed by atoms with Crippen molar-refractivity contribution < 1.29 is 0 Å². The third kappa shape index (κ3) is 3.99. The third-order valence-corrected chi connectivity index (χ3v) is 5.72. The van der Waals surface area contributed by atoms with Gasteiger partial charge in [0.2, 0.25) is 0 Å². The van der Waals surface area contributed by atoms with E-state index in [0.717, 1.165) is 10.9 Å². The highest BCUT2D eigenvalue weighted by Gasteiger charge is 2.05. The topological polar surface area (TPSA) is 0 Å². The van der Waals surface area contributed by atoms with E-state index < -0.39 is 0 Å². The van der Waals surface area contributed by atoms with E-state index in [1.807, 2.05) is 10.8 Å². The van der Waals surface area contributed by atoms with Crippen LogP contribution in [0.4, 0.5) is 0 Å². The van der Waals surface area contributed by atoms with Gasteiger partial charge in [0, 0.05) is 19.1 Å². The van der Waals surface area contributed by atoms with E-state index in [9.17, 15) is 0 Å². The van der Waals surface area contributed by atoms with E-state index in [1.54, 1.807) is 10.8 Å². The average Bonchev–Trinajstić information content (AvgIpc) is 2.30. The molecule has 0 N–H and O–H groups in total. The maximum absolute atomic E-state index is 3.57. The summed E-state index contributed by atoms with van der Waals surface area (Å²) in [4.78, 5) is 3.13. The monoisotopic (exact) mass is 376 g/mol. The van der Waals surface area contributed by atoms with Crippen molar-refractivity contribution in [3.63, 3.8) is 0 Å². The molecule has 0 saturated heterocycles. The van der Waals surface area contributed by atoms with Crippen molar-refractivity contribution in [2.45, 2.75) is 16.1 Å². The molecule has 0 heterocycles. The molecular formula is C12H10Br2S2. The van der Waals surface area contributed by atoms with Crippen molar-refractivity contribution >= 4 is 53.4 Å². The number of rotatable bonds is 3. The molecule has 1 atom stereocenters. The molecule has 0 saturated carbocycles. The number of allylic oxidation sites excluding steroid dienone is 3. The van der Waals surface area contributed by atoms with E-state index in [1.165, 1.54) is 9.80 Å². The second-order valence-corrected chi connectivity index (χ2v) is 7.71. The van der Waals surface area contributed by atoms with Crippen LogP contribution in [-0.2, 0) is 0 Å². The first kappa shape index (κ1) is 12.8. The maximum atomic E-state index is 3.57. The minimum atomic E-state index is 0.509. The average molecular weight is 378 g/mol. The molecule has 16 heavy (non-hydrogen) atoms. The molecule has 1 aromatic rings. The Morgan fingerprint density at radius 2 is 1.88 bits per heavy atom. The van der Waals surface area contributed by atoms with E-state index >= 15 is 0 Å². The Balaban J connectivity index is 1.88. The highest BCUT2D eigenvalue weighted by atomic mass is 79.9. The molecule has 0 fully saturated rings. The van der Waals surface area contributed by atoms with Crippen LogP contribution in [0, 0.1) is 0 Å². The Labute approximate surface area is 121 Å². The number of benzene rings is 1. The van der Waals surface area contributed by atoms with E-state index in [0.29, 0.717) is 4.83 Å². The van der Waals surface area contributed by atoms with Crippen molar-refractivity contribution in [1.29, 1.82) is 0 Å². The van der Waals surface area contributed by atoms with Crippen LogP contribution in [0.5, 0.6) is 0 Å². The Morgan fingerprint density at radius 1 is 1.12 bits per heavy atom. The van der Waals surface area contributed by atoms with Crippen LogP contribution >= 0.6 is 53.4 Å². The van der Waals surface area contributed by atoms with Crippen molar-refractivity contribution in [2.24, 2.45) is 0 Å². The van der Waals surface area contributed by atoms with Gasteiger partial charge < -0.3 is 0 Å². The van der Waals surface area contributed by atoms with Gasteiger partial charge in [0.1, 0.15) is 0 Å². The molecule has 1 aliphatic carbocycles. The number of alkyl halides is 1. The minimum absolute atomic E-state index is 0.509. The lowest BCUT2D eigenvalue weighted by Crippen LogP contribution is -1.93. The normalized spacial score (nSPS) is 19.6. The third-order valence-electron chi connectivity index (χ3n) is 2.06. The minimum Gasteiger partial charge on any atom is -0.0842 e. The zero-order valence-electron chi connectivity index (χ0n) is 8.40. The summed E-state index contributed by atoms with van der Waals surface area (Å²) in [6.45, 7) is 0. The zero-order valence-corrected chi connectivity index (χ0v) is 13.2. The molecule has 0 spiro atoms. The highest BCUT2D eigenvalue weighted by molar-refractivity contribution is 9.10. The first-order valence-corrected chi connectivity index (χ1v) is 8.72. The predicted octanol–water partition coefficient (Wildman–Crippen LogP) is 5.80. The second-order valence-electron chi connectivity index (χ2n) is 3.34. The molecule has 84 valence electrons. The van der Waals surface area contributed by atoms with E-state index in [2.05, 4.69) is 74.4 Å². The Morgan fingerprint density at radius 3 is 2.50 bits per heavy atom. The summed E-state index contributed by atoms with van der Waals surface area (Å²) < 4.78 is 1.13. The van der Waals surface area contributed by atoms with Crippen molar-refractivity contribution in [1.82, 2.24) is 0 Å². The molecule has 2 rings (SSSR count). The fraction of sp³-hybridized carbons (Fsp3) is 0.167. The molecule has 1 unspecified atom stereocenters. The summed E-state index contributed by atoms with van der Waals surface area (Å²) in [5.41, 5.74) is 0. The highest BCUT2D eigenvalue weighted by Crippen LogP contribution is 2.39. The van der Waals surface area contributed by atoms with Gasteiger partial charge in [0.15, 0.2) is 0 Å². The van der Waals surface area contributed by atoms with Gasteiger partial charge in [-0.3, -0.25) is 0 Å². The first-order chi connectivity index (χ1) is 7.74. The summed E-state index contributed by atoms with van der Waals surface area (Å²) in [5.74, 6) is 0. The summed E-state index contributed by atoms with van der Waals surface area (Å²) in [5, 5.41) is 0. The Kier molecular flexibility index (Phi) is 5.07. The molecule has 1 aliphatic rings. The van der Waals surface area contributed by atoms with E-state index in [-0.39, 0.29) is 0 Å². The van der Waals surface area contributed by atoms with Crippen molar-refractivity contribution in [3.05, 3.63) is 51.9 Å². The van der Waals surface area contributed by atoms with Crippen LogP contribution in [-0.4, -0.2) is 4.83 Å². The van der Waals surface area contributed by atoms with Crippen molar-refractivity contribution in [2.75, 3.05) is 0 Å². The van der Waals surface area contributed by atoms with Gasteiger partial charge in [-0.2, -0.15) is 0 Å². The SMILES string of the molecule is Brc1ccc(SSC2=CCC(Br)C=C2)cc1. The fourth-order valence-electron chi connectivity index (χ4n) is 1.22. The summed E-state index contributed by atoms with van der Waals surface area (Å²) in [6, 6.07) is 8.40. The lowest BCUT2D eigenvalue weighted by atomic mass is 10.2. The van der Waals surface area contributed by atoms with Gasteiger partial charge in [-0.15, -0.1) is 0 Å². The molecular weight excluding hydrogens is 368 g/mol. The number of hydrogen-bond donors (Lipinski definition) is 0. The molecule has 4 heteroatoms. The van der Waals surface area contributed by atoms with Gasteiger partial charge in [-0.1, -0.05) is 71.7 Å².